The third kappa shape index (κ3) is 8.14. The van der Waals surface area contributed by atoms with Crippen LogP contribution in [0.5, 0.6) is 23.0 Å². The molecule has 1 aliphatic rings. The zero-order valence-corrected chi connectivity index (χ0v) is 39.0. The van der Waals surface area contributed by atoms with Crippen LogP contribution in [0.3, 0.4) is 0 Å². The lowest BCUT2D eigenvalue weighted by atomic mass is 9.92. The van der Waals surface area contributed by atoms with E-state index in [1.807, 2.05) is 72.8 Å². The van der Waals surface area contributed by atoms with Gasteiger partial charge in [-0.3, -0.25) is 0 Å². The highest BCUT2D eigenvalue weighted by Gasteiger charge is 2.22. The summed E-state index contributed by atoms with van der Waals surface area (Å²) in [5.41, 5.74) is 9.73. The normalized spacial score (nSPS) is 12.7. The number of rotatable bonds is 0. The highest BCUT2D eigenvalue weighted by Crippen LogP contribution is 2.48. The van der Waals surface area contributed by atoms with E-state index < -0.39 is 0 Å². The van der Waals surface area contributed by atoms with Crippen molar-refractivity contribution in [1.29, 1.82) is 0 Å². The van der Waals surface area contributed by atoms with Gasteiger partial charge in [-0.2, -0.15) is 0 Å². The number of hydrogen-bond donors (Lipinski definition) is 0. The first kappa shape index (κ1) is 42.7. The number of pyridine rings is 4. The molecule has 0 atom stereocenters. The Kier molecular flexibility index (Phi) is 11.0. The number of nitrogens with zero attached hydrogens (tertiary/aromatic N) is 4. The van der Waals surface area contributed by atoms with Crippen molar-refractivity contribution in [2.75, 3.05) is 0 Å². The Labute approximate surface area is 415 Å². The molecule has 4 aromatic heterocycles. The molecule has 344 valence electrons. The summed E-state index contributed by atoms with van der Waals surface area (Å²) >= 11 is 0. The molecule has 0 fully saturated rings. The highest BCUT2D eigenvalue weighted by atomic mass is 16.5. The van der Waals surface area contributed by atoms with Crippen LogP contribution in [0.25, 0.3) is 88.1 Å². The predicted octanol–water partition coefficient (Wildman–Crippen LogP) is 15.2. The summed E-state index contributed by atoms with van der Waals surface area (Å²) in [5, 5.41) is 8.53. The predicted molar refractivity (Wildman–Crippen MR) is 286 cm³/mol. The van der Waals surface area contributed by atoms with Crippen LogP contribution in [-0.2, 0) is 26.4 Å². The second-order valence-electron chi connectivity index (χ2n) is 17.9. The molecular weight excluding hydrogens is 889 g/mol. The molecule has 0 saturated carbocycles. The van der Waals surface area contributed by atoms with Gasteiger partial charge in [0.25, 0.3) is 0 Å². The topological polar surface area (TPSA) is 88.5 Å². The molecule has 5 heterocycles. The van der Waals surface area contributed by atoms with E-state index in [2.05, 4.69) is 146 Å². The molecule has 72 heavy (non-hydrogen) atoms. The number of hydrogen-bond acceptors (Lipinski definition) is 8. The van der Waals surface area contributed by atoms with Gasteiger partial charge in [0.05, 0.1) is 45.6 Å². The quantitative estimate of drug-likeness (QED) is 0.149. The minimum atomic E-state index is 0.222. The molecule has 13 rings (SSSR count). The third-order valence-corrected chi connectivity index (χ3v) is 13.3. The minimum Gasteiger partial charge on any atom is -0.487 e. The Morgan fingerprint density at radius 2 is 0.458 bits per heavy atom. The van der Waals surface area contributed by atoms with Crippen LogP contribution < -0.4 is 18.9 Å². The molecule has 1 aliphatic heterocycles. The lowest BCUT2D eigenvalue weighted by Gasteiger charge is -2.20. The van der Waals surface area contributed by atoms with Crippen molar-refractivity contribution in [2.45, 2.75) is 26.4 Å². The van der Waals surface area contributed by atoms with Gasteiger partial charge in [-0.15, -0.1) is 0 Å². The fourth-order valence-electron chi connectivity index (χ4n) is 9.94. The Morgan fingerprint density at radius 1 is 0.222 bits per heavy atom. The molecule has 0 N–H and O–H groups in total. The van der Waals surface area contributed by atoms with Crippen molar-refractivity contribution in [2.24, 2.45) is 0 Å². The van der Waals surface area contributed by atoms with Gasteiger partial charge in [0.2, 0.25) is 0 Å². The Balaban J connectivity index is 0.954. The van der Waals surface area contributed by atoms with Gasteiger partial charge >= 0.3 is 0 Å². The van der Waals surface area contributed by atoms with Crippen LogP contribution in [0.4, 0.5) is 0 Å². The average Bonchev–Trinajstić information content (AvgIpc) is 3.44. The van der Waals surface area contributed by atoms with Crippen LogP contribution in [0.1, 0.15) is 22.8 Å². The minimum absolute atomic E-state index is 0.222. The third-order valence-electron chi connectivity index (χ3n) is 13.3. The van der Waals surface area contributed by atoms with Crippen LogP contribution in [0.2, 0.25) is 0 Å². The molecular formula is C64H44N4O4. The largest absolute Gasteiger partial charge is 0.487 e. The highest BCUT2D eigenvalue weighted by molar-refractivity contribution is 6.11. The second-order valence-corrected chi connectivity index (χ2v) is 17.9. The van der Waals surface area contributed by atoms with Crippen LogP contribution >= 0.6 is 0 Å². The molecule has 0 unspecified atom stereocenters. The van der Waals surface area contributed by atoms with E-state index in [0.717, 1.165) is 111 Å². The van der Waals surface area contributed by atoms with Gasteiger partial charge in [-0.1, -0.05) is 146 Å². The standard InChI is InChI=1S/C64H44N4O4/c1-5-21-49-41(13-1)29-33-57-61(49)62-50-22-6-2-14-42(50)30-34-58(62)70-38-46-18-10-26-55(66-46)56-28-12-20-48(68-56)40-72-60-36-32-44-16-4-8-24-52(44)64(60)63-51-23-7-3-15-43(51)31-35-59(63)71-39-47-19-11-27-54(67-47)53-25-9-17-45(65-53)37-69-57/h1-36H,37-40H2. The molecule has 0 spiro atoms. The molecule has 0 aliphatic carbocycles. The Hall–Kier alpha value is -9.40. The van der Waals surface area contributed by atoms with Gasteiger partial charge in [0.15, 0.2) is 0 Å². The number of ether oxygens (including phenoxy) is 4. The summed E-state index contributed by atoms with van der Waals surface area (Å²) in [5.74, 6) is 2.86. The number of benzene rings is 8. The molecule has 12 aromatic rings. The fourth-order valence-corrected chi connectivity index (χ4v) is 9.94. The van der Waals surface area contributed by atoms with E-state index in [1.54, 1.807) is 0 Å². The molecule has 8 heteroatoms. The summed E-state index contributed by atoms with van der Waals surface area (Å²) in [6, 6.07) is 74.1. The first-order chi connectivity index (χ1) is 35.7. The monoisotopic (exact) mass is 932 g/mol. The molecule has 0 amide bonds. The smallest absolute Gasteiger partial charge is 0.130 e. The van der Waals surface area contributed by atoms with Gasteiger partial charge in [-0.05, 0) is 116 Å². The van der Waals surface area contributed by atoms with Crippen molar-refractivity contribution in [3.8, 4) is 68.0 Å². The van der Waals surface area contributed by atoms with Gasteiger partial charge in [0, 0.05) is 22.3 Å². The van der Waals surface area contributed by atoms with Crippen molar-refractivity contribution < 1.29 is 18.9 Å². The van der Waals surface area contributed by atoms with E-state index in [-0.39, 0.29) is 26.4 Å². The molecule has 0 radical (unpaired) electrons. The van der Waals surface area contributed by atoms with E-state index in [9.17, 15) is 0 Å². The summed E-state index contributed by atoms with van der Waals surface area (Å²) < 4.78 is 27.4. The maximum Gasteiger partial charge on any atom is 0.130 e. The molecule has 0 saturated heterocycles. The van der Waals surface area contributed by atoms with E-state index in [4.69, 9.17) is 38.9 Å². The van der Waals surface area contributed by atoms with Crippen molar-refractivity contribution in [1.82, 2.24) is 19.9 Å². The SMILES string of the molecule is c1cc2nc(c1)-c1cccc(n1)COc1ccc3ccccc3c1-c1c(ccc3ccccc13)OCc1cccc(n1)-c1cccc(n1)COc1ccc3ccccc3c1-c1c(ccc3ccccc13)OC2. The van der Waals surface area contributed by atoms with Crippen molar-refractivity contribution in [3.63, 3.8) is 0 Å². The summed E-state index contributed by atoms with van der Waals surface area (Å²) in [6.45, 7) is 0.887. The lowest BCUT2D eigenvalue weighted by molar-refractivity contribution is 0.298. The Bertz CT molecular complexity index is 3520. The zero-order valence-electron chi connectivity index (χ0n) is 39.0. The van der Waals surface area contributed by atoms with E-state index >= 15 is 0 Å². The first-order valence-electron chi connectivity index (χ1n) is 24.1. The van der Waals surface area contributed by atoms with Gasteiger partial charge < -0.3 is 18.9 Å². The van der Waals surface area contributed by atoms with Crippen LogP contribution in [0, 0.1) is 0 Å². The second kappa shape index (κ2) is 18.5. The summed E-state index contributed by atoms with van der Waals surface area (Å²) in [4.78, 5) is 20.4. The van der Waals surface area contributed by atoms with Crippen LogP contribution in [-0.4, -0.2) is 19.9 Å². The average molecular weight is 933 g/mol. The summed E-state index contributed by atoms with van der Waals surface area (Å²) in [7, 11) is 0. The van der Waals surface area contributed by atoms with Crippen molar-refractivity contribution >= 4 is 43.1 Å². The molecule has 8 aromatic carbocycles. The van der Waals surface area contributed by atoms with Crippen molar-refractivity contribution in [3.05, 3.63) is 241 Å². The first-order valence-corrected chi connectivity index (χ1v) is 24.1. The lowest BCUT2D eigenvalue weighted by Crippen LogP contribution is -2.05. The molecule has 8 nitrogen and oxygen atoms in total. The number of aromatic nitrogens is 4. The summed E-state index contributed by atoms with van der Waals surface area (Å²) in [6.07, 6.45) is 0. The number of fused-ring (bicyclic) bond motifs is 24. The Morgan fingerprint density at radius 3 is 0.708 bits per heavy atom. The van der Waals surface area contributed by atoms with Gasteiger partial charge in [0.1, 0.15) is 49.4 Å². The van der Waals surface area contributed by atoms with Gasteiger partial charge in [-0.25, -0.2) is 19.9 Å². The maximum absolute atomic E-state index is 6.86. The van der Waals surface area contributed by atoms with E-state index in [0.29, 0.717) is 23.0 Å². The zero-order chi connectivity index (χ0) is 47.8. The van der Waals surface area contributed by atoms with Crippen LogP contribution in [0.15, 0.2) is 218 Å². The van der Waals surface area contributed by atoms with E-state index in [1.165, 1.54) is 0 Å². The molecule has 8 bridgehead atoms. The fraction of sp³-hybridized carbons (Fsp3) is 0.0625. The maximum atomic E-state index is 6.86.